The fourth-order valence-corrected chi connectivity index (χ4v) is 2.87. The molecule has 1 amide bonds. The average Bonchev–Trinajstić information content (AvgIpc) is 3.24. The summed E-state index contributed by atoms with van der Waals surface area (Å²) in [7, 11) is 0. The number of ether oxygens (including phenoxy) is 3. The molecule has 2 aliphatic heterocycles. The molecule has 1 N–H and O–H groups in total. The Hall–Kier alpha value is -2.95. The summed E-state index contributed by atoms with van der Waals surface area (Å²) in [5.74, 6) is 2.42. The van der Waals surface area contributed by atoms with E-state index in [0.29, 0.717) is 18.9 Å². The molecule has 0 saturated heterocycles. The molecular weight excluding hydrogens is 306 g/mol. The Balaban J connectivity index is 1.34. The van der Waals surface area contributed by atoms with Gasteiger partial charge in [-0.15, -0.1) is 0 Å². The third-order valence-electron chi connectivity index (χ3n) is 4.15. The maximum Gasteiger partial charge on any atom is 0.244 e. The number of carbonyl (C=O) groups excluding carboxylic acids is 1. The molecule has 2 aliphatic rings. The molecule has 2 aromatic carbocycles. The van der Waals surface area contributed by atoms with E-state index in [4.69, 9.17) is 14.2 Å². The van der Waals surface area contributed by atoms with Crippen molar-refractivity contribution >= 4 is 12.0 Å². The summed E-state index contributed by atoms with van der Waals surface area (Å²) in [6.07, 6.45) is 3.29. The van der Waals surface area contributed by atoms with Crippen LogP contribution in [0.1, 0.15) is 17.0 Å². The number of hydrogen-bond donors (Lipinski definition) is 1. The van der Waals surface area contributed by atoms with E-state index in [1.54, 1.807) is 6.08 Å². The van der Waals surface area contributed by atoms with Crippen molar-refractivity contribution in [2.24, 2.45) is 0 Å². The molecule has 122 valence electrons. The number of nitrogens with one attached hydrogen (secondary N) is 1. The van der Waals surface area contributed by atoms with E-state index in [0.717, 1.165) is 22.6 Å². The van der Waals surface area contributed by atoms with Gasteiger partial charge in [-0.1, -0.05) is 24.3 Å². The van der Waals surface area contributed by atoms with Crippen molar-refractivity contribution in [3.8, 4) is 17.2 Å². The van der Waals surface area contributed by atoms with Gasteiger partial charge in [0, 0.05) is 24.1 Å². The number of carbonyl (C=O) groups is 1. The smallest absolute Gasteiger partial charge is 0.244 e. The van der Waals surface area contributed by atoms with Crippen LogP contribution in [-0.2, 0) is 4.79 Å². The minimum Gasteiger partial charge on any atom is -0.493 e. The minimum atomic E-state index is -0.128. The molecule has 0 radical (unpaired) electrons. The van der Waals surface area contributed by atoms with Crippen molar-refractivity contribution in [3.63, 3.8) is 0 Å². The van der Waals surface area contributed by atoms with Gasteiger partial charge >= 0.3 is 0 Å². The van der Waals surface area contributed by atoms with Gasteiger partial charge in [0.05, 0.1) is 6.61 Å². The van der Waals surface area contributed by atoms with E-state index < -0.39 is 0 Å². The zero-order chi connectivity index (χ0) is 16.4. The number of para-hydroxylation sites is 1. The molecule has 0 fully saturated rings. The molecule has 24 heavy (non-hydrogen) atoms. The van der Waals surface area contributed by atoms with Crippen molar-refractivity contribution in [1.29, 1.82) is 0 Å². The Morgan fingerprint density at radius 1 is 1.08 bits per heavy atom. The summed E-state index contributed by atoms with van der Waals surface area (Å²) < 4.78 is 16.2. The van der Waals surface area contributed by atoms with Crippen molar-refractivity contribution < 1.29 is 19.0 Å². The highest BCUT2D eigenvalue weighted by Gasteiger charge is 2.23. The van der Waals surface area contributed by atoms with Gasteiger partial charge in [0.25, 0.3) is 0 Å². The first-order chi connectivity index (χ1) is 11.8. The third-order valence-corrected chi connectivity index (χ3v) is 4.15. The van der Waals surface area contributed by atoms with E-state index in [2.05, 4.69) is 5.32 Å². The van der Waals surface area contributed by atoms with Crippen LogP contribution in [-0.4, -0.2) is 25.9 Å². The van der Waals surface area contributed by atoms with Crippen molar-refractivity contribution in [1.82, 2.24) is 5.32 Å². The Morgan fingerprint density at radius 2 is 1.96 bits per heavy atom. The van der Waals surface area contributed by atoms with Crippen LogP contribution in [0.2, 0.25) is 0 Å². The minimum absolute atomic E-state index is 0.128. The van der Waals surface area contributed by atoms with Crippen molar-refractivity contribution in [2.75, 3.05) is 19.9 Å². The topological polar surface area (TPSA) is 56.8 Å². The van der Waals surface area contributed by atoms with Crippen LogP contribution in [0.15, 0.2) is 48.5 Å². The summed E-state index contributed by atoms with van der Waals surface area (Å²) in [5, 5.41) is 2.93. The second-order valence-corrected chi connectivity index (χ2v) is 5.74. The Kier molecular flexibility index (Phi) is 3.83. The summed E-state index contributed by atoms with van der Waals surface area (Å²) >= 11 is 0. The SMILES string of the molecule is O=C(C=Cc1ccc2c(c1)OCO2)NCC1COc2ccccc21. The normalized spacial score (nSPS) is 17.6. The highest BCUT2D eigenvalue weighted by atomic mass is 16.7. The lowest BCUT2D eigenvalue weighted by molar-refractivity contribution is -0.116. The zero-order valence-corrected chi connectivity index (χ0v) is 13.0. The largest absolute Gasteiger partial charge is 0.493 e. The Bertz CT molecular complexity index is 800. The van der Waals surface area contributed by atoms with Gasteiger partial charge in [-0.3, -0.25) is 4.79 Å². The van der Waals surface area contributed by atoms with E-state index in [9.17, 15) is 4.79 Å². The molecule has 0 aromatic heterocycles. The highest BCUT2D eigenvalue weighted by Crippen LogP contribution is 2.33. The second kappa shape index (κ2) is 6.28. The molecule has 1 unspecified atom stereocenters. The van der Waals surface area contributed by atoms with Gasteiger partial charge in [0.2, 0.25) is 12.7 Å². The third kappa shape index (κ3) is 2.93. The highest BCUT2D eigenvalue weighted by molar-refractivity contribution is 5.91. The van der Waals surface area contributed by atoms with E-state index in [1.807, 2.05) is 42.5 Å². The average molecular weight is 323 g/mol. The molecule has 0 saturated carbocycles. The van der Waals surface area contributed by atoms with Crippen LogP contribution in [0.4, 0.5) is 0 Å². The Morgan fingerprint density at radius 3 is 2.92 bits per heavy atom. The molecular formula is C19H17NO4. The summed E-state index contributed by atoms with van der Waals surface area (Å²) in [6, 6.07) is 13.5. The second-order valence-electron chi connectivity index (χ2n) is 5.74. The van der Waals surface area contributed by atoms with Crippen molar-refractivity contribution in [3.05, 3.63) is 59.7 Å². The maximum absolute atomic E-state index is 12.0. The van der Waals surface area contributed by atoms with Crippen LogP contribution < -0.4 is 19.5 Å². The molecule has 0 spiro atoms. The standard InChI is InChI=1S/C19H17NO4/c21-19(8-6-13-5-7-17-18(9-13)24-12-23-17)20-10-14-11-22-16-4-2-1-3-15(14)16/h1-9,14H,10-12H2,(H,20,21). The molecule has 0 bridgehead atoms. The van der Waals surface area contributed by atoms with Gasteiger partial charge in [0.1, 0.15) is 5.75 Å². The van der Waals surface area contributed by atoms with Gasteiger partial charge in [0.15, 0.2) is 11.5 Å². The Labute approximate surface area is 139 Å². The maximum atomic E-state index is 12.0. The van der Waals surface area contributed by atoms with E-state index >= 15 is 0 Å². The molecule has 1 atom stereocenters. The summed E-state index contributed by atoms with van der Waals surface area (Å²) in [5.41, 5.74) is 2.04. The quantitative estimate of drug-likeness (QED) is 0.879. The lowest BCUT2D eigenvalue weighted by Crippen LogP contribution is -2.27. The van der Waals surface area contributed by atoms with Crippen molar-refractivity contribution in [2.45, 2.75) is 5.92 Å². The van der Waals surface area contributed by atoms with Gasteiger partial charge in [-0.05, 0) is 29.8 Å². The lowest BCUT2D eigenvalue weighted by atomic mass is 10.0. The van der Waals surface area contributed by atoms with Crippen LogP contribution in [0, 0.1) is 0 Å². The number of amides is 1. The number of rotatable bonds is 4. The summed E-state index contributed by atoms with van der Waals surface area (Å²) in [6.45, 7) is 1.40. The molecule has 5 heteroatoms. The van der Waals surface area contributed by atoms with Crippen LogP contribution in [0.3, 0.4) is 0 Å². The van der Waals surface area contributed by atoms with Crippen LogP contribution in [0.5, 0.6) is 17.2 Å². The van der Waals surface area contributed by atoms with Crippen LogP contribution >= 0.6 is 0 Å². The number of hydrogen-bond acceptors (Lipinski definition) is 4. The van der Waals surface area contributed by atoms with Crippen LogP contribution in [0.25, 0.3) is 6.08 Å². The lowest BCUT2D eigenvalue weighted by Gasteiger charge is -2.09. The van der Waals surface area contributed by atoms with Gasteiger partial charge in [-0.25, -0.2) is 0 Å². The predicted molar refractivity (Wildman–Crippen MR) is 89.3 cm³/mol. The fraction of sp³-hybridized carbons (Fsp3) is 0.211. The van der Waals surface area contributed by atoms with E-state index in [-0.39, 0.29) is 18.6 Å². The first-order valence-corrected chi connectivity index (χ1v) is 7.87. The van der Waals surface area contributed by atoms with Gasteiger partial charge < -0.3 is 19.5 Å². The monoisotopic (exact) mass is 323 g/mol. The molecule has 5 nitrogen and oxygen atoms in total. The number of benzene rings is 2. The molecule has 0 aliphatic carbocycles. The fourth-order valence-electron chi connectivity index (χ4n) is 2.87. The first kappa shape index (κ1) is 14.6. The first-order valence-electron chi connectivity index (χ1n) is 7.87. The summed E-state index contributed by atoms with van der Waals surface area (Å²) in [4.78, 5) is 12.0. The zero-order valence-electron chi connectivity index (χ0n) is 13.0. The molecule has 2 heterocycles. The number of fused-ring (bicyclic) bond motifs is 2. The molecule has 4 rings (SSSR count). The van der Waals surface area contributed by atoms with Gasteiger partial charge in [-0.2, -0.15) is 0 Å². The molecule has 2 aromatic rings. The predicted octanol–water partition coefficient (Wildman–Crippen LogP) is 2.72. The van der Waals surface area contributed by atoms with E-state index in [1.165, 1.54) is 6.08 Å².